The Labute approximate surface area is 386 Å². The van der Waals surface area contributed by atoms with E-state index in [1.807, 2.05) is 133 Å². The molecule has 0 aliphatic carbocycles. The molecule has 66 heavy (non-hydrogen) atoms. The highest BCUT2D eigenvalue weighted by Crippen LogP contribution is 2.61. The van der Waals surface area contributed by atoms with Crippen LogP contribution in [-0.4, -0.2) is 68.6 Å². The van der Waals surface area contributed by atoms with Crippen molar-refractivity contribution < 1.29 is 33.8 Å². The highest BCUT2D eigenvalue weighted by molar-refractivity contribution is 6.91. The maximum absolute atomic E-state index is 15.8. The fourth-order valence-corrected chi connectivity index (χ4v) is 14.8. The van der Waals surface area contributed by atoms with Crippen LogP contribution in [0.4, 0.5) is 28.4 Å². The van der Waals surface area contributed by atoms with Gasteiger partial charge in [-0.2, -0.15) is 0 Å². The fourth-order valence-electron chi connectivity index (χ4n) is 10.8. The molecule has 1 saturated heterocycles. The third-order valence-corrected chi connectivity index (χ3v) is 18.6. The number of methoxy groups -OCH3 is 1. The summed E-state index contributed by atoms with van der Waals surface area (Å²) < 4.78 is 13.0. The van der Waals surface area contributed by atoms with E-state index in [9.17, 15) is 19.5 Å². The first kappa shape index (κ1) is 44.3. The Hall–Kier alpha value is -6.86. The Balaban J connectivity index is 1.14. The molecule has 6 aromatic rings. The van der Waals surface area contributed by atoms with Gasteiger partial charge < -0.3 is 24.4 Å². The minimum absolute atomic E-state index is 0.00486. The van der Waals surface area contributed by atoms with Crippen LogP contribution < -0.4 is 24.6 Å². The molecule has 0 bridgehead atoms. The molecule has 0 radical (unpaired) electrons. The molecule has 336 valence electrons. The first-order valence-corrected chi connectivity index (χ1v) is 25.5. The Morgan fingerprint density at radius 3 is 1.97 bits per heavy atom. The number of carbonyl (C=O) groups excluding carboxylic acids is 4. The van der Waals surface area contributed by atoms with Gasteiger partial charge >= 0.3 is 0 Å². The zero-order chi connectivity index (χ0) is 46.2. The van der Waals surface area contributed by atoms with Crippen LogP contribution in [0.25, 0.3) is 0 Å². The lowest BCUT2D eigenvalue weighted by atomic mass is 9.82. The largest absolute Gasteiger partial charge is 0.497 e. The summed E-state index contributed by atoms with van der Waals surface area (Å²) in [7, 11) is -1.02. The predicted octanol–water partition coefficient (Wildman–Crippen LogP) is 8.38. The molecule has 1 N–H and O–H groups in total. The van der Waals surface area contributed by atoms with Gasteiger partial charge in [-0.1, -0.05) is 110 Å². The summed E-state index contributed by atoms with van der Waals surface area (Å²) in [4.78, 5) is 62.6. The number of hydrogen-bond donors (Lipinski definition) is 1. The van der Waals surface area contributed by atoms with E-state index in [4.69, 9.17) is 9.47 Å². The van der Waals surface area contributed by atoms with Gasteiger partial charge in [-0.15, -0.1) is 0 Å². The van der Waals surface area contributed by atoms with Crippen molar-refractivity contribution in [3.63, 3.8) is 0 Å². The van der Waals surface area contributed by atoms with Crippen LogP contribution in [0.5, 0.6) is 5.75 Å². The number of anilines is 5. The topological polar surface area (TPSA) is 120 Å². The van der Waals surface area contributed by atoms with Crippen LogP contribution in [0.3, 0.4) is 0 Å². The number of para-hydroxylation sites is 2. The van der Waals surface area contributed by atoms with Crippen molar-refractivity contribution in [3.05, 3.63) is 174 Å². The maximum Gasteiger partial charge on any atom is 0.264 e. The van der Waals surface area contributed by atoms with Crippen LogP contribution in [0, 0.1) is 5.92 Å². The Morgan fingerprint density at radius 1 is 0.788 bits per heavy atom. The predicted molar refractivity (Wildman–Crippen MR) is 259 cm³/mol. The molecule has 0 aromatic heterocycles. The highest BCUT2D eigenvalue weighted by Gasteiger charge is 2.66. The van der Waals surface area contributed by atoms with Gasteiger partial charge in [0.2, 0.25) is 18.7 Å². The third kappa shape index (κ3) is 7.78. The second-order valence-electron chi connectivity index (χ2n) is 18.1. The van der Waals surface area contributed by atoms with Crippen molar-refractivity contribution >= 4 is 66.3 Å². The van der Waals surface area contributed by atoms with E-state index in [2.05, 4.69) is 38.2 Å². The molecule has 3 heterocycles. The Morgan fingerprint density at radius 2 is 1.36 bits per heavy atom. The first-order valence-electron chi connectivity index (χ1n) is 22.5. The molecule has 3 aliphatic heterocycles. The lowest BCUT2D eigenvalue weighted by molar-refractivity contribution is -0.151. The van der Waals surface area contributed by atoms with Crippen LogP contribution in [0.15, 0.2) is 152 Å². The van der Waals surface area contributed by atoms with E-state index in [0.717, 1.165) is 46.1 Å². The van der Waals surface area contributed by atoms with Crippen LogP contribution in [0.2, 0.25) is 18.6 Å². The Bertz CT molecular complexity index is 2740. The average Bonchev–Trinajstić information content (AvgIpc) is 3.77. The third-order valence-electron chi connectivity index (χ3n) is 14.2. The summed E-state index contributed by atoms with van der Waals surface area (Å²) in [5, 5.41) is 11.8. The van der Waals surface area contributed by atoms with Crippen molar-refractivity contribution in [3.8, 4) is 5.75 Å². The summed E-state index contributed by atoms with van der Waals surface area (Å²) in [5.41, 5.74) is 5.15. The minimum Gasteiger partial charge on any atom is -0.497 e. The molecule has 5 atom stereocenters. The fraction of sp³-hybridized carbons (Fsp3) is 0.259. The lowest BCUT2D eigenvalue weighted by Crippen LogP contribution is -2.52. The van der Waals surface area contributed by atoms with Gasteiger partial charge in [0.1, 0.15) is 5.75 Å². The average molecular weight is 899 g/mol. The van der Waals surface area contributed by atoms with Gasteiger partial charge in [-0.3, -0.25) is 29.0 Å². The molecular formula is C54H54N4O7Si. The highest BCUT2D eigenvalue weighted by atomic mass is 28.3. The van der Waals surface area contributed by atoms with E-state index in [1.54, 1.807) is 26.7 Å². The summed E-state index contributed by atoms with van der Waals surface area (Å²) in [6.45, 7) is 7.03. The molecule has 3 aliphatic rings. The van der Waals surface area contributed by atoms with E-state index in [1.165, 1.54) is 0 Å². The zero-order valence-corrected chi connectivity index (χ0v) is 38.6. The van der Waals surface area contributed by atoms with Gasteiger partial charge in [-0.25, -0.2) is 0 Å². The number of aliphatic hydroxyl groups is 1. The number of rotatable bonds is 14. The van der Waals surface area contributed by atoms with E-state index in [0.29, 0.717) is 41.3 Å². The van der Waals surface area contributed by atoms with Crippen molar-refractivity contribution in [2.45, 2.75) is 69.2 Å². The number of aliphatic hydroxyl groups excluding tert-OH is 1. The monoisotopic (exact) mass is 898 g/mol. The molecule has 11 nitrogen and oxygen atoms in total. The summed E-state index contributed by atoms with van der Waals surface area (Å²) >= 11 is 0. The summed E-state index contributed by atoms with van der Waals surface area (Å²) in [6.07, 6.45) is 1.42. The van der Waals surface area contributed by atoms with Crippen molar-refractivity contribution in [2.24, 2.45) is 5.92 Å². The molecule has 9 rings (SSSR count). The maximum atomic E-state index is 15.8. The normalized spacial score (nSPS) is 21.0. The molecule has 4 amide bonds. The van der Waals surface area contributed by atoms with Crippen molar-refractivity contribution in [1.82, 2.24) is 4.90 Å². The van der Waals surface area contributed by atoms with Crippen LogP contribution >= 0.6 is 0 Å². The molecule has 0 saturated carbocycles. The van der Waals surface area contributed by atoms with Crippen molar-refractivity contribution in [2.75, 3.05) is 28.4 Å². The van der Waals surface area contributed by atoms with Crippen LogP contribution in [0.1, 0.15) is 35.6 Å². The van der Waals surface area contributed by atoms with Crippen LogP contribution in [-0.2, 0) is 49.0 Å². The van der Waals surface area contributed by atoms with Gasteiger partial charge in [0.15, 0.2) is 5.60 Å². The van der Waals surface area contributed by atoms with E-state index < -0.39 is 31.7 Å². The standard InChI is InChI=1S/C54H54N4O7Si/c1-37-52(66(3,4)47-26-24-46(64-2)25-27-47)50(31-51(62)55-33-40-14-12-11-13-39(40)29-45(55)34-59)65-54(37)48-30-44(58(36-61)42-17-9-6-10-18-42)23-28-49(48)56(53(54)63)32-38-19-21-43(22-20-38)57(35-60)41-15-7-5-8-16-41/h5-28,30,35-37,45,50,52,59H,29,31-34H2,1-4H3/t37-,45-,50+,52-,54+/m0/s1. The van der Waals surface area contributed by atoms with Gasteiger partial charge in [0.25, 0.3) is 5.91 Å². The van der Waals surface area contributed by atoms with Gasteiger partial charge in [0.05, 0.1) is 52.6 Å². The van der Waals surface area contributed by atoms with Gasteiger partial charge in [0, 0.05) is 40.8 Å². The number of nitrogens with zero attached hydrogens (tertiary/aromatic N) is 4. The molecule has 1 spiro atoms. The van der Waals surface area contributed by atoms with Crippen molar-refractivity contribution in [1.29, 1.82) is 0 Å². The van der Waals surface area contributed by atoms with E-state index >= 15 is 4.79 Å². The lowest BCUT2D eigenvalue weighted by Gasteiger charge is -2.39. The number of hydrogen-bond acceptors (Lipinski definition) is 7. The van der Waals surface area contributed by atoms with Gasteiger partial charge in [-0.05, 0) is 95.4 Å². The summed E-state index contributed by atoms with van der Waals surface area (Å²) in [5.74, 6) is -0.0926. The SMILES string of the molecule is COc1ccc([Si](C)(C)[C@@H]2[C@@H](CC(=O)N3Cc4ccccc4C[C@H]3CO)O[C@]3(C(=O)N(Cc4ccc(N(C=O)c5ccccc5)cc4)c4ccc(N(C=O)c5ccccc5)cc43)[C@H]2C)cc1. The molecule has 12 heteroatoms. The summed E-state index contributed by atoms with van der Waals surface area (Å²) in [6, 6.07) is 47.7. The molecular weight excluding hydrogens is 845 g/mol. The smallest absolute Gasteiger partial charge is 0.264 e. The number of ether oxygens (including phenoxy) is 2. The second-order valence-corrected chi connectivity index (χ2v) is 22.8. The molecule has 6 aromatic carbocycles. The minimum atomic E-state index is -2.66. The number of carbonyl (C=O) groups is 4. The number of amides is 4. The number of fused-ring (bicyclic) bond motifs is 3. The quantitative estimate of drug-likeness (QED) is 0.0862. The zero-order valence-electron chi connectivity index (χ0n) is 37.6. The first-order chi connectivity index (χ1) is 32.0. The molecule has 1 fully saturated rings. The second kappa shape index (κ2) is 18.2. The Kier molecular flexibility index (Phi) is 12.2. The molecule has 0 unspecified atom stereocenters. The number of benzene rings is 6. The van der Waals surface area contributed by atoms with E-state index in [-0.39, 0.29) is 36.9 Å².